The molecule has 0 atom stereocenters. The third kappa shape index (κ3) is 4.62. The van der Waals surface area contributed by atoms with E-state index >= 15 is 0 Å². The van der Waals surface area contributed by atoms with Crippen molar-refractivity contribution in [2.45, 2.75) is 19.3 Å². The summed E-state index contributed by atoms with van der Waals surface area (Å²) in [5.74, 6) is 0. The first-order valence-electron chi connectivity index (χ1n) is 18.7. The van der Waals surface area contributed by atoms with E-state index < -0.39 is 0 Å². The molecule has 0 radical (unpaired) electrons. The van der Waals surface area contributed by atoms with Crippen LogP contribution in [0.4, 0.5) is 0 Å². The predicted octanol–water partition coefficient (Wildman–Crippen LogP) is 14.8. The minimum absolute atomic E-state index is 0.0162. The summed E-state index contributed by atoms with van der Waals surface area (Å²) < 4.78 is 0. The largest absolute Gasteiger partial charge is 0.0619 e. The van der Waals surface area contributed by atoms with Crippen LogP contribution >= 0.6 is 0 Å². The van der Waals surface area contributed by atoms with Crippen LogP contribution in [0.25, 0.3) is 98.4 Å². The molecule has 0 unspecified atom stereocenters. The molecule has 0 aliphatic heterocycles. The molecule has 11 rings (SSSR count). The summed E-state index contributed by atoms with van der Waals surface area (Å²) in [4.78, 5) is 0. The van der Waals surface area contributed by atoms with Gasteiger partial charge in [-0.3, -0.25) is 0 Å². The molecule has 0 amide bonds. The van der Waals surface area contributed by atoms with Gasteiger partial charge in [0.15, 0.2) is 0 Å². The van der Waals surface area contributed by atoms with E-state index in [0.717, 1.165) is 0 Å². The molecular weight excluding hydrogens is 637 g/mol. The molecule has 0 heteroatoms. The fourth-order valence-electron chi connectivity index (χ4n) is 9.18. The van der Waals surface area contributed by atoms with Crippen LogP contribution in [0.15, 0.2) is 182 Å². The molecule has 0 fully saturated rings. The van der Waals surface area contributed by atoms with Gasteiger partial charge < -0.3 is 0 Å². The first kappa shape index (κ1) is 30.2. The van der Waals surface area contributed by atoms with Crippen LogP contribution in [0.3, 0.4) is 0 Å². The smallest absolute Gasteiger partial charge is 0.0159 e. The van der Waals surface area contributed by atoms with Crippen molar-refractivity contribution in [3.63, 3.8) is 0 Å². The van der Waals surface area contributed by atoms with E-state index in [-0.39, 0.29) is 5.41 Å². The van der Waals surface area contributed by atoms with E-state index in [4.69, 9.17) is 0 Å². The molecule has 10 aromatic carbocycles. The second kappa shape index (κ2) is 11.2. The van der Waals surface area contributed by atoms with E-state index in [1.54, 1.807) is 0 Å². The molecule has 0 saturated carbocycles. The Bertz CT molecular complexity index is 3140. The van der Waals surface area contributed by atoms with Crippen molar-refractivity contribution in [1.29, 1.82) is 0 Å². The van der Waals surface area contributed by atoms with Gasteiger partial charge in [0.2, 0.25) is 0 Å². The average Bonchev–Trinajstić information content (AvgIpc) is 3.44. The molecule has 1 aliphatic rings. The van der Waals surface area contributed by atoms with Crippen LogP contribution in [0.5, 0.6) is 0 Å². The second-order valence-electron chi connectivity index (χ2n) is 15.3. The summed E-state index contributed by atoms with van der Waals surface area (Å²) in [6, 6.07) is 68.1. The minimum Gasteiger partial charge on any atom is -0.0619 e. The predicted molar refractivity (Wildman–Crippen MR) is 228 cm³/mol. The minimum atomic E-state index is -0.0162. The van der Waals surface area contributed by atoms with Crippen molar-refractivity contribution in [3.05, 3.63) is 193 Å². The number of hydrogen-bond donors (Lipinski definition) is 0. The Morgan fingerprint density at radius 3 is 1.47 bits per heavy atom. The number of rotatable bonds is 3. The maximum Gasteiger partial charge on any atom is 0.0159 e. The summed E-state index contributed by atoms with van der Waals surface area (Å²) in [5.41, 5.74) is 13.0. The molecule has 53 heavy (non-hydrogen) atoms. The van der Waals surface area contributed by atoms with Gasteiger partial charge in [-0.05, 0) is 146 Å². The molecule has 0 N–H and O–H groups in total. The SMILES string of the molecule is CC1(C)c2ccccc2-c2ccc(-c3ccc4ccc(-c5ccc6ccc(-c7cc8c9ccccc9ccc8c8ccccc78)cc6c5)cc4c3)cc21. The highest BCUT2D eigenvalue weighted by Crippen LogP contribution is 2.49. The number of fused-ring (bicyclic) bond motifs is 10. The molecule has 0 aromatic heterocycles. The summed E-state index contributed by atoms with van der Waals surface area (Å²) in [7, 11) is 0. The van der Waals surface area contributed by atoms with Crippen molar-refractivity contribution in [3.8, 4) is 44.5 Å². The van der Waals surface area contributed by atoms with Gasteiger partial charge in [0.25, 0.3) is 0 Å². The Morgan fingerprint density at radius 2 is 0.755 bits per heavy atom. The zero-order chi connectivity index (χ0) is 35.3. The lowest BCUT2D eigenvalue weighted by molar-refractivity contribution is 0.660. The first-order chi connectivity index (χ1) is 26.0. The van der Waals surface area contributed by atoms with Gasteiger partial charge in [-0.25, -0.2) is 0 Å². The van der Waals surface area contributed by atoms with Crippen LogP contribution in [0.2, 0.25) is 0 Å². The Balaban J connectivity index is 0.999. The fraction of sp³-hybridized carbons (Fsp3) is 0.0566. The van der Waals surface area contributed by atoms with Gasteiger partial charge in [-0.1, -0.05) is 159 Å². The molecule has 0 bridgehead atoms. The van der Waals surface area contributed by atoms with Gasteiger partial charge in [0.1, 0.15) is 0 Å². The Labute approximate surface area is 309 Å². The van der Waals surface area contributed by atoms with Gasteiger partial charge >= 0.3 is 0 Å². The Morgan fingerprint density at radius 1 is 0.264 bits per heavy atom. The maximum atomic E-state index is 2.42. The normalized spacial score (nSPS) is 13.2. The quantitative estimate of drug-likeness (QED) is 0.164. The van der Waals surface area contributed by atoms with Crippen molar-refractivity contribution in [1.82, 2.24) is 0 Å². The molecule has 0 nitrogen and oxygen atoms in total. The number of hydrogen-bond acceptors (Lipinski definition) is 0. The van der Waals surface area contributed by atoms with Crippen LogP contribution in [-0.4, -0.2) is 0 Å². The van der Waals surface area contributed by atoms with Crippen LogP contribution in [0, 0.1) is 0 Å². The monoisotopic (exact) mass is 672 g/mol. The van der Waals surface area contributed by atoms with E-state index in [9.17, 15) is 0 Å². The van der Waals surface area contributed by atoms with E-state index in [1.165, 1.54) is 109 Å². The molecule has 0 saturated heterocycles. The van der Waals surface area contributed by atoms with Crippen molar-refractivity contribution >= 4 is 53.9 Å². The summed E-state index contributed by atoms with van der Waals surface area (Å²) in [6.45, 7) is 4.71. The lowest BCUT2D eigenvalue weighted by Gasteiger charge is -2.22. The van der Waals surface area contributed by atoms with Gasteiger partial charge in [0, 0.05) is 5.41 Å². The van der Waals surface area contributed by atoms with Gasteiger partial charge in [-0.2, -0.15) is 0 Å². The first-order valence-corrected chi connectivity index (χ1v) is 18.7. The van der Waals surface area contributed by atoms with E-state index in [2.05, 4.69) is 196 Å². The molecule has 0 heterocycles. The lowest BCUT2D eigenvalue weighted by Crippen LogP contribution is -2.14. The molecular formula is C53H36. The van der Waals surface area contributed by atoms with Crippen molar-refractivity contribution in [2.24, 2.45) is 0 Å². The Kier molecular flexibility index (Phi) is 6.40. The second-order valence-corrected chi connectivity index (χ2v) is 15.3. The van der Waals surface area contributed by atoms with Crippen molar-refractivity contribution in [2.75, 3.05) is 0 Å². The number of benzene rings is 10. The van der Waals surface area contributed by atoms with Crippen molar-refractivity contribution < 1.29 is 0 Å². The molecule has 1 aliphatic carbocycles. The van der Waals surface area contributed by atoms with Crippen LogP contribution in [-0.2, 0) is 5.41 Å². The van der Waals surface area contributed by atoms with Crippen LogP contribution < -0.4 is 0 Å². The fourth-order valence-corrected chi connectivity index (χ4v) is 9.18. The maximum absolute atomic E-state index is 2.42. The van der Waals surface area contributed by atoms with E-state index in [1.807, 2.05) is 0 Å². The highest BCUT2D eigenvalue weighted by atomic mass is 14.4. The molecule has 10 aromatic rings. The van der Waals surface area contributed by atoms with E-state index in [0.29, 0.717) is 0 Å². The highest BCUT2D eigenvalue weighted by molar-refractivity contribution is 6.21. The summed E-state index contributed by atoms with van der Waals surface area (Å²) in [6.07, 6.45) is 0. The standard InChI is InChI=1S/C53H36/c1-53(2)51-14-8-7-13-47(51)48-26-24-39(31-52(48)53)38-21-17-33-15-19-36(27-41(33)29-38)37-20-16-34-18-22-40(30-42(34)28-37)49-32-50-43-10-4-3-9-35(43)23-25-46(50)44-11-5-6-12-45(44)49/h3-32H,1-2H3. The zero-order valence-electron chi connectivity index (χ0n) is 29.8. The average molecular weight is 673 g/mol. The zero-order valence-corrected chi connectivity index (χ0v) is 29.8. The van der Waals surface area contributed by atoms with Crippen LogP contribution in [0.1, 0.15) is 25.0 Å². The molecule has 248 valence electrons. The third-order valence-electron chi connectivity index (χ3n) is 12.0. The Hall–Kier alpha value is -6.50. The lowest BCUT2D eigenvalue weighted by atomic mass is 9.81. The summed E-state index contributed by atoms with van der Waals surface area (Å²) >= 11 is 0. The highest BCUT2D eigenvalue weighted by Gasteiger charge is 2.35. The molecule has 0 spiro atoms. The topological polar surface area (TPSA) is 0 Å². The summed E-state index contributed by atoms with van der Waals surface area (Å²) in [5, 5.41) is 12.8. The third-order valence-corrected chi connectivity index (χ3v) is 12.0. The van der Waals surface area contributed by atoms with Gasteiger partial charge in [0.05, 0.1) is 0 Å². The van der Waals surface area contributed by atoms with Gasteiger partial charge in [-0.15, -0.1) is 0 Å².